The average Bonchev–Trinajstić information content (AvgIpc) is 2.97. The number of hydrogen-bond acceptors (Lipinski definition) is 5. The molecule has 0 bridgehead atoms. The van der Waals surface area contributed by atoms with Crippen LogP contribution in [0, 0.1) is 0 Å². The number of carboxylic acid groups (broad SMARTS) is 1. The fraction of sp³-hybridized carbons (Fsp3) is 0.0455. The Morgan fingerprint density at radius 2 is 1.97 bits per heavy atom. The molecule has 0 aromatic heterocycles. The van der Waals surface area contributed by atoms with E-state index in [0.29, 0.717) is 20.8 Å². The molecule has 1 saturated heterocycles. The van der Waals surface area contributed by atoms with E-state index in [1.54, 1.807) is 18.2 Å². The molecule has 3 rings (SSSR count). The smallest absolute Gasteiger partial charge is 0.339 e. The molecule has 0 saturated carbocycles. The Labute approximate surface area is 182 Å². The second-order valence-corrected chi connectivity index (χ2v) is 7.60. The molecule has 1 amide bonds. The van der Waals surface area contributed by atoms with Crippen LogP contribution in [-0.4, -0.2) is 38.7 Å². The van der Waals surface area contributed by atoms with E-state index in [9.17, 15) is 14.7 Å². The highest BCUT2D eigenvalue weighted by atomic mass is 35.5. The number of aromatic hydroxyl groups is 1. The van der Waals surface area contributed by atoms with Crippen molar-refractivity contribution in [2.45, 2.75) is 0 Å². The first kappa shape index (κ1) is 21.4. The maximum absolute atomic E-state index is 12.8. The number of aromatic carboxylic acids is 1. The van der Waals surface area contributed by atoms with Gasteiger partial charge in [0.2, 0.25) is 0 Å². The second kappa shape index (κ2) is 9.47. The first-order chi connectivity index (χ1) is 14.4. The second-order valence-electron chi connectivity index (χ2n) is 6.16. The third-order valence-corrected chi connectivity index (χ3v) is 5.23. The van der Waals surface area contributed by atoms with E-state index in [1.807, 2.05) is 30.3 Å². The number of aliphatic imine (C=N–C) groups is 1. The number of allylic oxidation sites excluding steroid dienone is 2. The Hall–Kier alpha value is -3.29. The summed E-state index contributed by atoms with van der Waals surface area (Å²) in [4.78, 5) is 30.0. The predicted octanol–water partition coefficient (Wildman–Crippen LogP) is 5.00. The molecule has 2 N–H and O–H groups in total. The number of halogens is 1. The van der Waals surface area contributed by atoms with Crippen molar-refractivity contribution in [3.05, 3.63) is 88.3 Å². The lowest BCUT2D eigenvalue weighted by molar-refractivity contribution is -0.121. The Kier molecular flexibility index (Phi) is 6.76. The molecule has 0 aliphatic carbocycles. The van der Waals surface area contributed by atoms with Crippen molar-refractivity contribution in [3.63, 3.8) is 0 Å². The van der Waals surface area contributed by atoms with Crippen LogP contribution >= 0.6 is 23.4 Å². The van der Waals surface area contributed by atoms with Gasteiger partial charge in [0.05, 0.1) is 10.6 Å². The van der Waals surface area contributed by atoms with Crippen molar-refractivity contribution in [2.75, 3.05) is 6.54 Å². The van der Waals surface area contributed by atoms with Gasteiger partial charge in [-0.25, -0.2) is 9.79 Å². The summed E-state index contributed by atoms with van der Waals surface area (Å²) >= 11 is 7.45. The van der Waals surface area contributed by atoms with Crippen molar-refractivity contribution >= 4 is 52.2 Å². The first-order valence-electron chi connectivity index (χ1n) is 8.78. The summed E-state index contributed by atoms with van der Waals surface area (Å²) in [6, 6.07) is 13.4. The highest BCUT2D eigenvalue weighted by molar-refractivity contribution is 8.18. The molecule has 1 aliphatic rings. The zero-order chi connectivity index (χ0) is 21.7. The summed E-state index contributed by atoms with van der Waals surface area (Å²) in [5, 5.41) is 19.7. The number of carboxylic acids is 1. The summed E-state index contributed by atoms with van der Waals surface area (Å²) in [5.74, 6) is -1.92. The molecule has 1 aliphatic heterocycles. The van der Waals surface area contributed by atoms with Crippen LogP contribution in [0.2, 0.25) is 0 Å². The van der Waals surface area contributed by atoms with Crippen molar-refractivity contribution in [2.24, 2.45) is 4.99 Å². The number of hydrogen-bond donors (Lipinski definition) is 2. The maximum Gasteiger partial charge on any atom is 0.339 e. The molecule has 0 spiro atoms. The summed E-state index contributed by atoms with van der Waals surface area (Å²) in [6.07, 6.45) is 4.90. The van der Waals surface area contributed by atoms with Gasteiger partial charge in [-0.3, -0.25) is 9.69 Å². The van der Waals surface area contributed by atoms with Crippen LogP contribution in [0.15, 0.2) is 82.2 Å². The van der Waals surface area contributed by atoms with Gasteiger partial charge in [-0.05, 0) is 41.6 Å². The number of carbonyl (C=O) groups is 2. The van der Waals surface area contributed by atoms with Gasteiger partial charge in [0, 0.05) is 17.6 Å². The van der Waals surface area contributed by atoms with Crippen molar-refractivity contribution < 1.29 is 19.8 Å². The molecule has 0 atom stereocenters. The average molecular weight is 441 g/mol. The van der Waals surface area contributed by atoms with Crippen LogP contribution < -0.4 is 0 Å². The van der Waals surface area contributed by atoms with Crippen LogP contribution in [0.3, 0.4) is 0 Å². The van der Waals surface area contributed by atoms with Crippen molar-refractivity contribution in [3.8, 4) is 5.75 Å². The Morgan fingerprint density at radius 3 is 2.60 bits per heavy atom. The van der Waals surface area contributed by atoms with Gasteiger partial charge in [0.1, 0.15) is 11.3 Å². The van der Waals surface area contributed by atoms with Gasteiger partial charge in [0.25, 0.3) is 5.91 Å². The molecular formula is C22H17ClN2O4S. The third kappa shape index (κ3) is 5.00. The minimum atomic E-state index is -1.24. The molecule has 152 valence electrons. The topological polar surface area (TPSA) is 90.2 Å². The van der Waals surface area contributed by atoms with E-state index in [0.717, 1.165) is 17.3 Å². The first-order valence-corrected chi connectivity index (χ1v) is 9.98. The molecule has 8 heteroatoms. The fourth-order valence-corrected chi connectivity index (χ4v) is 3.94. The van der Waals surface area contributed by atoms with Crippen LogP contribution in [0.4, 0.5) is 5.69 Å². The number of benzene rings is 2. The molecule has 0 radical (unpaired) electrons. The molecule has 6 nitrogen and oxygen atoms in total. The van der Waals surface area contributed by atoms with Crippen LogP contribution in [0.5, 0.6) is 5.75 Å². The molecule has 1 fully saturated rings. The number of carbonyl (C=O) groups excluding carboxylic acids is 1. The van der Waals surface area contributed by atoms with Gasteiger partial charge in [-0.2, -0.15) is 0 Å². The standard InChI is InChI=1S/C22H17ClN2O4S/c1-2-10-25-20(27)19(12-15(23)11-14-6-4-3-5-7-14)30-22(25)24-16-8-9-17(21(28)29)18(26)13-16/h2-9,11-13,26H,1,10H2,(H,28,29)/b15-11-,19-12-,24-22?. The van der Waals surface area contributed by atoms with E-state index in [2.05, 4.69) is 11.6 Å². The number of phenols is 1. The minimum absolute atomic E-state index is 0.226. The van der Waals surface area contributed by atoms with Gasteiger partial charge < -0.3 is 10.2 Å². The number of rotatable bonds is 6. The Morgan fingerprint density at radius 1 is 1.23 bits per heavy atom. The van der Waals surface area contributed by atoms with Crippen LogP contribution in [0.1, 0.15) is 15.9 Å². The number of amides is 1. The van der Waals surface area contributed by atoms with E-state index >= 15 is 0 Å². The SMILES string of the molecule is C=CCN1C(=O)/C(=C/C(Cl)=C/c2ccccc2)SC1=Nc1ccc(C(=O)O)c(O)c1. The molecule has 30 heavy (non-hydrogen) atoms. The normalized spacial score (nSPS) is 17.0. The molecule has 2 aromatic rings. The lowest BCUT2D eigenvalue weighted by atomic mass is 10.2. The molecular weight excluding hydrogens is 424 g/mol. The highest BCUT2D eigenvalue weighted by Gasteiger charge is 2.32. The van der Waals surface area contributed by atoms with Crippen molar-refractivity contribution in [1.82, 2.24) is 4.90 Å². The summed E-state index contributed by atoms with van der Waals surface area (Å²) in [5.41, 5.74) is 0.991. The largest absolute Gasteiger partial charge is 0.507 e. The van der Waals surface area contributed by atoms with Crippen LogP contribution in [0.25, 0.3) is 6.08 Å². The monoisotopic (exact) mass is 440 g/mol. The maximum atomic E-state index is 12.8. The predicted molar refractivity (Wildman–Crippen MR) is 120 cm³/mol. The van der Waals surface area contributed by atoms with Crippen molar-refractivity contribution in [1.29, 1.82) is 0 Å². The fourth-order valence-electron chi connectivity index (χ4n) is 2.64. The molecule has 1 heterocycles. The van der Waals surface area contributed by atoms with Crippen LogP contribution in [-0.2, 0) is 4.79 Å². The number of amidine groups is 1. The highest BCUT2D eigenvalue weighted by Crippen LogP contribution is 2.35. The lowest BCUT2D eigenvalue weighted by Gasteiger charge is -2.12. The minimum Gasteiger partial charge on any atom is -0.507 e. The molecule has 0 unspecified atom stereocenters. The zero-order valence-corrected chi connectivity index (χ0v) is 17.2. The van der Waals surface area contributed by atoms with E-state index in [4.69, 9.17) is 16.7 Å². The molecule has 2 aromatic carbocycles. The van der Waals surface area contributed by atoms with Gasteiger partial charge in [-0.1, -0.05) is 48.0 Å². The zero-order valence-electron chi connectivity index (χ0n) is 15.7. The number of nitrogens with zero attached hydrogens (tertiary/aromatic N) is 2. The van der Waals surface area contributed by atoms with E-state index in [1.165, 1.54) is 23.1 Å². The summed E-state index contributed by atoms with van der Waals surface area (Å²) in [6.45, 7) is 3.90. The lowest BCUT2D eigenvalue weighted by Crippen LogP contribution is -2.29. The summed E-state index contributed by atoms with van der Waals surface area (Å²) < 4.78 is 0. The Balaban J connectivity index is 1.92. The third-order valence-electron chi connectivity index (χ3n) is 4.01. The van der Waals surface area contributed by atoms with Gasteiger partial charge >= 0.3 is 5.97 Å². The summed E-state index contributed by atoms with van der Waals surface area (Å²) in [7, 11) is 0. The van der Waals surface area contributed by atoms with Gasteiger partial charge in [-0.15, -0.1) is 6.58 Å². The van der Waals surface area contributed by atoms with E-state index in [-0.39, 0.29) is 18.0 Å². The quantitative estimate of drug-likeness (QED) is 0.487. The Bertz CT molecular complexity index is 1090. The van der Waals surface area contributed by atoms with E-state index < -0.39 is 11.7 Å². The number of thioether (sulfide) groups is 1. The van der Waals surface area contributed by atoms with Gasteiger partial charge in [0.15, 0.2) is 5.17 Å².